The van der Waals surface area contributed by atoms with Crippen molar-refractivity contribution in [3.63, 3.8) is 0 Å². The monoisotopic (exact) mass is 461 g/mol. The van der Waals surface area contributed by atoms with Gasteiger partial charge in [0.05, 0.1) is 11.0 Å². The molecular weight excluding hydrogens is 438 g/mol. The van der Waals surface area contributed by atoms with Gasteiger partial charge in [-0.15, -0.1) is 0 Å². The summed E-state index contributed by atoms with van der Waals surface area (Å²) in [7, 11) is 0. The minimum atomic E-state index is -0.844. The maximum absolute atomic E-state index is 11.2. The van der Waals surface area contributed by atoms with E-state index in [4.69, 9.17) is 15.5 Å². The predicted octanol–water partition coefficient (Wildman–Crippen LogP) is 3.86. The number of hydrogen-bond acceptors (Lipinski definition) is 5. The van der Waals surface area contributed by atoms with Gasteiger partial charge in [0.25, 0.3) is 0 Å². The molecule has 0 atom stereocenters. The lowest BCUT2D eigenvalue weighted by molar-refractivity contribution is 0.116. The first-order chi connectivity index (χ1) is 14.0. The first-order valence-corrected chi connectivity index (χ1v) is 10.6. The lowest BCUT2D eigenvalue weighted by atomic mass is 9.97. The third-order valence-corrected chi connectivity index (χ3v) is 6.00. The Balaban J connectivity index is 1.77. The van der Waals surface area contributed by atoms with Gasteiger partial charge >= 0.3 is 6.09 Å². The number of aromatic nitrogens is 3. The summed E-state index contributed by atoms with van der Waals surface area (Å²) >= 11 is 3.50. The van der Waals surface area contributed by atoms with Crippen molar-refractivity contribution in [3.05, 3.63) is 28.5 Å². The zero-order valence-corrected chi connectivity index (χ0v) is 17.9. The quantitative estimate of drug-likeness (QED) is 0.597. The van der Waals surface area contributed by atoms with E-state index >= 15 is 0 Å². The fourth-order valence-electron chi connectivity index (χ4n) is 4.00. The SMILES string of the molecule is CCOCc1nc2c(N)nc3cc(Br)ccc3c2n1CC1CCN(C(=O)O)CC1. The van der Waals surface area contributed by atoms with E-state index in [1.165, 1.54) is 4.90 Å². The second kappa shape index (κ2) is 8.16. The Hall–Kier alpha value is -2.39. The number of fused-ring (bicyclic) bond motifs is 3. The molecule has 0 spiro atoms. The van der Waals surface area contributed by atoms with Gasteiger partial charge in [-0.2, -0.15) is 0 Å². The van der Waals surface area contributed by atoms with Gasteiger partial charge < -0.3 is 25.0 Å². The molecule has 1 saturated heterocycles. The van der Waals surface area contributed by atoms with Crippen LogP contribution in [0, 0.1) is 5.92 Å². The second-order valence-electron chi connectivity index (χ2n) is 7.34. The number of carboxylic acid groups (broad SMARTS) is 1. The molecule has 9 heteroatoms. The van der Waals surface area contributed by atoms with Gasteiger partial charge in [-0.25, -0.2) is 14.8 Å². The lowest BCUT2D eigenvalue weighted by Gasteiger charge is -2.30. The fraction of sp³-hybridized carbons (Fsp3) is 0.450. The van der Waals surface area contributed by atoms with Crippen LogP contribution in [-0.4, -0.2) is 50.3 Å². The fourth-order valence-corrected chi connectivity index (χ4v) is 4.35. The Morgan fingerprint density at radius 3 is 2.79 bits per heavy atom. The summed E-state index contributed by atoms with van der Waals surface area (Å²) in [6, 6.07) is 5.98. The first kappa shape index (κ1) is 19.9. The van der Waals surface area contributed by atoms with E-state index in [0.717, 1.165) is 46.1 Å². The van der Waals surface area contributed by atoms with Crippen LogP contribution in [0.3, 0.4) is 0 Å². The second-order valence-corrected chi connectivity index (χ2v) is 8.26. The number of likely N-dealkylation sites (tertiary alicyclic amines) is 1. The number of halogens is 1. The molecule has 0 radical (unpaired) electrons. The third-order valence-electron chi connectivity index (χ3n) is 5.51. The third kappa shape index (κ3) is 3.89. The van der Waals surface area contributed by atoms with Gasteiger partial charge in [-0.05, 0) is 43.9 Å². The van der Waals surface area contributed by atoms with Crippen LogP contribution >= 0.6 is 15.9 Å². The molecule has 0 bridgehead atoms. The Morgan fingerprint density at radius 1 is 1.34 bits per heavy atom. The highest BCUT2D eigenvalue weighted by molar-refractivity contribution is 9.10. The van der Waals surface area contributed by atoms with E-state index in [1.54, 1.807) is 0 Å². The number of hydrogen-bond donors (Lipinski definition) is 2. The Morgan fingerprint density at radius 2 is 2.10 bits per heavy atom. The van der Waals surface area contributed by atoms with Crippen LogP contribution in [-0.2, 0) is 17.9 Å². The molecular formula is C20H24BrN5O3. The van der Waals surface area contributed by atoms with Gasteiger partial charge in [0.1, 0.15) is 17.9 Å². The Kier molecular flexibility index (Phi) is 5.60. The highest BCUT2D eigenvalue weighted by atomic mass is 79.9. The number of pyridine rings is 1. The number of imidazole rings is 1. The van der Waals surface area contributed by atoms with Crippen molar-refractivity contribution in [2.24, 2.45) is 5.92 Å². The van der Waals surface area contributed by atoms with Crippen LogP contribution in [0.4, 0.5) is 10.6 Å². The van der Waals surface area contributed by atoms with Crippen LogP contribution in [0.25, 0.3) is 21.9 Å². The number of nitrogen functional groups attached to an aromatic ring is 1. The minimum Gasteiger partial charge on any atom is -0.465 e. The molecule has 3 aromatic rings. The maximum atomic E-state index is 11.2. The largest absolute Gasteiger partial charge is 0.465 e. The van der Waals surface area contributed by atoms with E-state index in [2.05, 4.69) is 25.5 Å². The normalized spacial score (nSPS) is 15.4. The van der Waals surface area contributed by atoms with Crippen molar-refractivity contribution in [2.45, 2.75) is 32.9 Å². The van der Waals surface area contributed by atoms with Gasteiger partial charge in [0, 0.05) is 36.1 Å². The number of anilines is 1. The smallest absolute Gasteiger partial charge is 0.407 e. The van der Waals surface area contributed by atoms with Gasteiger partial charge in [-0.1, -0.05) is 15.9 Å². The number of nitrogens with two attached hydrogens (primary N) is 1. The number of benzene rings is 1. The molecule has 0 aliphatic carbocycles. The zero-order chi connectivity index (χ0) is 20.5. The number of carbonyl (C=O) groups is 1. The molecule has 2 aromatic heterocycles. The summed E-state index contributed by atoms with van der Waals surface area (Å²) < 4.78 is 8.80. The van der Waals surface area contributed by atoms with Gasteiger partial charge in [-0.3, -0.25) is 0 Å². The molecule has 3 heterocycles. The molecule has 0 saturated carbocycles. The average molecular weight is 462 g/mol. The highest BCUT2D eigenvalue weighted by Crippen LogP contribution is 2.32. The molecule has 3 N–H and O–H groups in total. The molecule has 29 heavy (non-hydrogen) atoms. The van der Waals surface area contributed by atoms with E-state index < -0.39 is 6.09 Å². The maximum Gasteiger partial charge on any atom is 0.407 e. The summed E-state index contributed by atoms with van der Waals surface area (Å²) in [5.74, 6) is 1.59. The molecule has 4 rings (SSSR count). The first-order valence-electron chi connectivity index (χ1n) is 9.77. The standard InChI is InChI=1S/C20H24BrN5O3/c1-2-29-11-16-24-17-18(14-4-3-13(21)9-15(14)23-19(17)22)26(16)10-12-5-7-25(8-6-12)20(27)28/h3-4,9,12H,2,5-8,10-11H2,1H3,(H2,22,23)(H,27,28). The van der Waals surface area contributed by atoms with E-state index in [0.29, 0.717) is 43.6 Å². The number of nitrogens with zero attached hydrogens (tertiary/aromatic N) is 4. The number of ether oxygens (including phenoxy) is 1. The van der Waals surface area contributed by atoms with Crippen molar-refractivity contribution in [2.75, 3.05) is 25.4 Å². The molecule has 1 aromatic carbocycles. The average Bonchev–Trinajstić information content (AvgIpc) is 3.05. The van der Waals surface area contributed by atoms with Crippen LogP contribution < -0.4 is 5.73 Å². The van der Waals surface area contributed by atoms with Crippen molar-refractivity contribution >= 4 is 49.8 Å². The molecule has 1 amide bonds. The van der Waals surface area contributed by atoms with Crippen molar-refractivity contribution < 1.29 is 14.6 Å². The summed E-state index contributed by atoms with van der Waals surface area (Å²) in [6.07, 6.45) is 0.803. The predicted molar refractivity (Wildman–Crippen MR) is 115 cm³/mol. The molecule has 0 unspecified atom stereocenters. The highest BCUT2D eigenvalue weighted by Gasteiger charge is 2.25. The van der Waals surface area contributed by atoms with Crippen LogP contribution in [0.15, 0.2) is 22.7 Å². The molecule has 8 nitrogen and oxygen atoms in total. The molecule has 1 aliphatic rings. The van der Waals surface area contributed by atoms with E-state index in [-0.39, 0.29) is 0 Å². The number of amides is 1. The van der Waals surface area contributed by atoms with Crippen LogP contribution in [0.2, 0.25) is 0 Å². The van der Waals surface area contributed by atoms with Gasteiger partial charge in [0.15, 0.2) is 5.82 Å². The van der Waals surface area contributed by atoms with Crippen molar-refractivity contribution in [1.82, 2.24) is 19.4 Å². The molecule has 1 fully saturated rings. The van der Waals surface area contributed by atoms with Crippen molar-refractivity contribution in [1.29, 1.82) is 0 Å². The molecule has 1 aliphatic heterocycles. The van der Waals surface area contributed by atoms with Crippen LogP contribution in [0.1, 0.15) is 25.6 Å². The zero-order valence-electron chi connectivity index (χ0n) is 16.3. The topological polar surface area (TPSA) is 107 Å². The summed E-state index contributed by atoms with van der Waals surface area (Å²) in [4.78, 5) is 22.0. The summed E-state index contributed by atoms with van der Waals surface area (Å²) in [6.45, 7) is 4.83. The van der Waals surface area contributed by atoms with Crippen molar-refractivity contribution in [3.8, 4) is 0 Å². The number of piperidine rings is 1. The lowest BCUT2D eigenvalue weighted by Crippen LogP contribution is -2.38. The molecule has 154 valence electrons. The van der Waals surface area contributed by atoms with Gasteiger partial charge in [0.2, 0.25) is 0 Å². The van der Waals surface area contributed by atoms with E-state index in [9.17, 15) is 9.90 Å². The summed E-state index contributed by atoms with van der Waals surface area (Å²) in [5.41, 5.74) is 8.73. The number of rotatable bonds is 5. The Labute approximate surface area is 176 Å². The van der Waals surface area contributed by atoms with Crippen LogP contribution in [0.5, 0.6) is 0 Å². The van der Waals surface area contributed by atoms with E-state index in [1.807, 2.05) is 25.1 Å². The minimum absolute atomic E-state index is 0.364. The summed E-state index contributed by atoms with van der Waals surface area (Å²) in [5, 5.41) is 10.2. The Bertz CT molecular complexity index is 1060.